The van der Waals surface area contributed by atoms with Crippen molar-refractivity contribution in [2.24, 2.45) is 5.41 Å². The third-order valence-electron chi connectivity index (χ3n) is 5.52. The highest BCUT2D eigenvalue weighted by atomic mass is 16.1. The summed E-state index contributed by atoms with van der Waals surface area (Å²) in [7, 11) is 4.17. The molecule has 0 saturated carbocycles. The molecule has 28 heavy (non-hydrogen) atoms. The Kier molecular flexibility index (Phi) is 18.1. The normalized spacial score (nSPS) is 11.9. The van der Waals surface area contributed by atoms with Crippen molar-refractivity contribution in [2.45, 2.75) is 124 Å². The summed E-state index contributed by atoms with van der Waals surface area (Å²) in [6, 6.07) is 0. The lowest BCUT2D eigenvalue weighted by Crippen LogP contribution is -2.39. The Morgan fingerprint density at radius 1 is 0.714 bits per heavy atom. The number of amides is 1. The van der Waals surface area contributed by atoms with Crippen LogP contribution in [-0.2, 0) is 4.79 Å². The quantitative estimate of drug-likeness (QED) is 0.226. The molecule has 0 aromatic rings. The van der Waals surface area contributed by atoms with Gasteiger partial charge in [-0.2, -0.15) is 0 Å². The Hall–Kier alpha value is -0.570. The van der Waals surface area contributed by atoms with Crippen molar-refractivity contribution in [3.63, 3.8) is 0 Å². The molecule has 0 aromatic carbocycles. The minimum absolute atomic E-state index is 0.133. The predicted octanol–water partition coefficient (Wildman–Crippen LogP) is 6.95. The molecule has 0 radical (unpaired) electrons. The highest BCUT2D eigenvalue weighted by Gasteiger charge is 2.19. The van der Waals surface area contributed by atoms with Crippen molar-refractivity contribution in [3.8, 4) is 0 Å². The van der Waals surface area contributed by atoms with E-state index in [-0.39, 0.29) is 11.3 Å². The molecule has 0 spiro atoms. The number of unbranched alkanes of at least 4 members (excludes halogenated alkanes) is 14. The maximum absolute atomic E-state index is 12.0. The average Bonchev–Trinajstić information content (AvgIpc) is 2.62. The van der Waals surface area contributed by atoms with Crippen molar-refractivity contribution < 1.29 is 4.79 Å². The first-order valence-corrected chi connectivity index (χ1v) is 12.3. The molecule has 3 nitrogen and oxygen atoms in total. The van der Waals surface area contributed by atoms with Gasteiger partial charge in [0.25, 0.3) is 0 Å². The second-order valence-electron chi connectivity index (χ2n) is 9.88. The van der Waals surface area contributed by atoms with Gasteiger partial charge in [0.2, 0.25) is 5.91 Å². The predicted molar refractivity (Wildman–Crippen MR) is 125 cm³/mol. The van der Waals surface area contributed by atoms with Crippen molar-refractivity contribution in [1.82, 2.24) is 10.2 Å². The minimum Gasteiger partial charge on any atom is -0.356 e. The fourth-order valence-corrected chi connectivity index (χ4v) is 4.00. The Balaban J connectivity index is 3.31. The largest absolute Gasteiger partial charge is 0.356 e. The van der Waals surface area contributed by atoms with Crippen LogP contribution in [0.15, 0.2) is 0 Å². The summed E-state index contributed by atoms with van der Waals surface area (Å²) < 4.78 is 0. The maximum atomic E-state index is 12.0. The van der Waals surface area contributed by atoms with Gasteiger partial charge in [-0.3, -0.25) is 4.79 Å². The van der Waals surface area contributed by atoms with E-state index in [1.165, 1.54) is 89.9 Å². The van der Waals surface area contributed by atoms with Gasteiger partial charge in [0.15, 0.2) is 0 Å². The first-order chi connectivity index (χ1) is 13.4. The summed E-state index contributed by atoms with van der Waals surface area (Å²) in [5.41, 5.74) is 0.133. The topological polar surface area (TPSA) is 32.3 Å². The molecule has 0 aromatic heterocycles. The van der Waals surface area contributed by atoms with Gasteiger partial charge < -0.3 is 10.2 Å². The molecule has 0 unspecified atom stereocenters. The van der Waals surface area contributed by atoms with Crippen LogP contribution in [0.4, 0.5) is 0 Å². The lowest BCUT2D eigenvalue weighted by molar-refractivity contribution is -0.121. The zero-order chi connectivity index (χ0) is 21.1. The molecule has 0 atom stereocenters. The first kappa shape index (κ1) is 27.4. The van der Waals surface area contributed by atoms with Gasteiger partial charge in [-0.1, -0.05) is 111 Å². The number of hydrogen-bond acceptors (Lipinski definition) is 2. The summed E-state index contributed by atoms with van der Waals surface area (Å²) >= 11 is 0. The van der Waals surface area contributed by atoms with Crippen LogP contribution in [0.25, 0.3) is 0 Å². The number of rotatable bonds is 20. The SMILES string of the molecule is CCCCCCCCCCCCCCCCCC(=O)NCC(C)(C)CN(C)C. The molecule has 0 fully saturated rings. The van der Waals surface area contributed by atoms with Gasteiger partial charge in [-0.05, 0) is 25.9 Å². The number of nitrogens with zero attached hydrogens (tertiary/aromatic N) is 1. The highest BCUT2D eigenvalue weighted by molar-refractivity contribution is 5.75. The molecule has 0 bridgehead atoms. The Morgan fingerprint density at radius 3 is 1.50 bits per heavy atom. The standard InChI is InChI=1S/C25H52N2O/c1-6-7-8-9-10-11-12-13-14-15-16-17-18-19-20-21-24(28)26-22-25(2,3)23-27(4)5/h6-23H2,1-5H3,(H,26,28). The van der Waals surface area contributed by atoms with Crippen LogP contribution >= 0.6 is 0 Å². The number of hydrogen-bond donors (Lipinski definition) is 1. The monoisotopic (exact) mass is 396 g/mol. The van der Waals surface area contributed by atoms with Crippen molar-refractivity contribution >= 4 is 5.91 Å². The van der Waals surface area contributed by atoms with Crippen LogP contribution in [0.1, 0.15) is 124 Å². The Bertz CT molecular complexity index is 352. The third kappa shape index (κ3) is 20.2. The molecule has 0 heterocycles. The Labute approximate surface area is 177 Å². The second kappa shape index (κ2) is 18.5. The van der Waals surface area contributed by atoms with Crippen LogP contribution in [-0.4, -0.2) is 38.0 Å². The molecular formula is C25H52N2O. The molecule has 168 valence electrons. The molecule has 1 N–H and O–H groups in total. The molecule has 0 aliphatic carbocycles. The van der Waals surface area contributed by atoms with Gasteiger partial charge in [-0.25, -0.2) is 0 Å². The van der Waals surface area contributed by atoms with Crippen molar-refractivity contribution in [2.75, 3.05) is 27.2 Å². The average molecular weight is 397 g/mol. The zero-order valence-corrected chi connectivity index (χ0v) is 20.1. The number of nitrogens with one attached hydrogen (secondary N) is 1. The van der Waals surface area contributed by atoms with E-state index in [9.17, 15) is 4.79 Å². The molecule has 0 rings (SSSR count). The Morgan fingerprint density at radius 2 is 1.11 bits per heavy atom. The van der Waals surface area contributed by atoms with E-state index in [2.05, 4.69) is 45.1 Å². The van der Waals surface area contributed by atoms with Crippen molar-refractivity contribution in [3.05, 3.63) is 0 Å². The van der Waals surface area contributed by atoms with Crippen LogP contribution in [0, 0.1) is 5.41 Å². The summed E-state index contributed by atoms with van der Waals surface area (Å²) in [6.07, 6.45) is 21.2. The molecule has 0 aliphatic rings. The fourth-order valence-electron chi connectivity index (χ4n) is 4.00. The molecule has 0 aliphatic heterocycles. The number of carbonyl (C=O) groups excluding carboxylic acids is 1. The third-order valence-corrected chi connectivity index (χ3v) is 5.52. The van der Waals surface area contributed by atoms with Gasteiger partial charge in [0.1, 0.15) is 0 Å². The summed E-state index contributed by atoms with van der Waals surface area (Å²) in [6.45, 7) is 8.46. The smallest absolute Gasteiger partial charge is 0.220 e. The lowest BCUT2D eigenvalue weighted by Gasteiger charge is -2.28. The molecule has 0 saturated heterocycles. The lowest BCUT2D eigenvalue weighted by atomic mass is 9.93. The van der Waals surface area contributed by atoms with Gasteiger partial charge >= 0.3 is 0 Å². The summed E-state index contributed by atoms with van der Waals surface area (Å²) in [4.78, 5) is 14.2. The van der Waals surface area contributed by atoms with Crippen LogP contribution in [0.3, 0.4) is 0 Å². The minimum atomic E-state index is 0.133. The van der Waals surface area contributed by atoms with E-state index >= 15 is 0 Å². The van der Waals surface area contributed by atoms with Gasteiger partial charge in [0, 0.05) is 19.5 Å². The molecule has 3 heteroatoms. The molecular weight excluding hydrogens is 344 g/mol. The first-order valence-electron chi connectivity index (χ1n) is 12.3. The van der Waals surface area contributed by atoms with Crippen LogP contribution in [0.5, 0.6) is 0 Å². The maximum Gasteiger partial charge on any atom is 0.220 e. The van der Waals surface area contributed by atoms with E-state index in [1.807, 2.05) is 0 Å². The van der Waals surface area contributed by atoms with E-state index < -0.39 is 0 Å². The van der Waals surface area contributed by atoms with E-state index in [0.717, 1.165) is 19.5 Å². The van der Waals surface area contributed by atoms with Gasteiger partial charge in [0.05, 0.1) is 0 Å². The summed E-state index contributed by atoms with van der Waals surface area (Å²) in [5, 5.41) is 3.11. The highest BCUT2D eigenvalue weighted by Crippen LogP contribution is 2.15. The second-order valence-corrected chi connectivity index (χ2v) is 9.88. The van der Waals surface area contributed by atoms with E-state index in [0.29, 0.717) is 6.42 Å². The van der Waals surface area contributed by atoms with Crippen molar-refractivity contribution in [1.29, 1.82) is 0 Å². The van der Waals surface area contributed by atoms with E-state index in [4.69, 9.17) is 0 Å². The van der Waals surface area contributed by atoms with Gasteiger partial charge in [-0.15, -0.1) is 0 Å². The number of carbonyl (C=O) groups is 1. The fraction of sp³-hybridized carbons (Fsp3) is 0.960. The molecule has 1 amide bonds. The zero-order valence-electron chi connectivity index (χ0n) is 20.1. The van der Waals surface area contributed by atoms with Crippen LogP contribution in [0.2, 0.25) is 0 Å². The van der Waals surface area contributed by atoms with Crippen LogP contribution < -0.4 is 5.32 Å². The summed E-state index contributed by atoms with van der Waals surface area (Å²) in [5.74, 6) is 0.224. The van der Waals surface area contributed by atoms with E-state index in [1.54, 1.807) is 0 Å².